The van der Waals surface area contributed by atoms with Crippen LogP contribution in [-0.2, 0) is 0 Å². The second kappa shape index (κ2) is 7.29. The number of benzene rings is 2. The first-order chi connectivity index (χ1) is 11.2. The van der Waals surface area contributed by atoms with E-state index in [-0.39, 0.29) is 6.04 Å². The molecule has 4 atom stereocenters. The Hall–Kier alpha value is -1.64. The highest BCUT2D eigenvalue weighted by atomic mass is 16.3. The fourth-order valence-electron chi connectivity index (χ4n) is 3.88. The van der Waals surface area contributed by atoms with Crippen molar-refractivity contribution in [2.75, 3.05) is 6.54 Å². The third-order valence-corrected chi connectivity index (χ3v) is 5.13. The van der Waals surface area contributed by atoms with Crippen molar-refractivity contribution in [2.45, 2.75) is 44.9 Å². The minimum Gasteiger partial charge on any atom is -0.386 e. The molecule has 1 fully saturated rings. The lowest BCUT2D eigenvalue weighted by atomic mass is 9.87. The number of piperidine rings is 1. The van der Waals surface area contributed by atoms with Crippen LogP contribution in [0.15, 0.2) is 60.7 Å². The molecule has 122 valence electrons. The van der Waals surface area contributed by atoms with E-state index >= 15 is 0 Å². The summed E-state index contributed by atoms with van der Waals surface area (Å²) in [7, 11) is 0. The lowest BCUT2D eigenvalue weighted by molar-refractivity contribution is 0.000170. The summed E-state index contributed by atoms with van der Waals surface area (Å²) in [6.07, 6.45) is 1.90. The monoisotopic (exact) mass is 309 g/mol. The molecule has 1 aliphatic heterocycles. The van der Waals surface area contributed by atoms with Gasteiger partial charge in [-0.15, -0.1) is 0 Å². The zero-order valence-corrected chi connectivity index (χ0v) is 14.1. The number of rotatable bonds is 4. The highest BCUT2D eigenvalue weighted by Crippen LogP contribution is 2.38. The van der Waals surface area contributed by atoms with E-state index in [1.54, 1.807) is 0 Å². The Morgan fingerprint density at radius 2 is 1.48 bits per heavy atom. The lowest BCUT2D eigenvalue weighted by Gasteiger charge is -2.43. The highest BCUT2D eigenvalue weighted by molar-refractivity contribution is 5.26. The molecular weight excluding hydrogens is 282 g/mol. The summed E-state index contributed by atoms with van der Waals surface area (Å²) in [5.41, 5.74) is 2.19. The van der Waals surface area contributed by atoms with Gasteiger partial charge in [0.1, 0.15) is 0 Å². The third kappa shape index (κ3) is 3.65. The summed E-state index contributed by atoms with van der Waals surface area (Å²) >= 11 is 0. The summed E-state index contributed by atoms with van der Waals surface area (Å²) in [4.78, 5) is 2.49. The van der Waals surface area contributed by atoms with Crippen molar-refractivity contribution in [3.05, 3.63) is 71.8 Å². The number of nitrogens with zero attached hydrogens (tertiary/aromatic N) is 1. The van der Waals surface area contributed by atoms with E-state index in [0.29, 0.717) is 6.04 Å². The number of likely N-dealkylation sites (tertiary alicyclic amines) is 1. The molecule has 0 amide bonds. The molecule has 0 aromatic heterocycles. The molecule has 1 aliphatic rings. The second-order valence-corrected chi connectivity index (χ2v) is 6.93. The normalized spacial score (nSPS) is 25.0. The molecule has 2 heteroatoms. The second-order valence-electron chi connectivity index (χ2n) is 6.93. The fraction of sp³-hybridized carbons (Fsp3) is 0.429. The van der Waals surface area contributed by atoms with Gasteiger partial charge in [-0.2, -0.15) is 0 Å². The van der Waals surface area contributed by atoms with E-state index in [1.807, 2.05) is 36.4 Å². The standard InChI is InChI=1S/C21H27NO/c1-16-13-14-22(17(2)15-16)20(18-9-5-3-6-10-18)21(23)19-11-7-4-8-12-19/h3-12,16-17,20-21,23H,13-15H2,1-2H3/t16-,17-,20-,21-/m1/s1. The topological polar surface area (TPSA) is 23.5 Å². The molecule has 1 N–H and O–H groups in total. The Morgan fingerprint density at radius 3 is 2.04 bits per heavy atom. The smallest absolute Gasteiger partial charge is 0.0986 e. The van der Waals surface area contributed by atoms with Gasteiger partial charge in [0, 0.05) is 6.04 Å². The number of hydrogen-bond donors (Lipinski definition) is 1. The largest absolute Gasteiger partial charge is 0.386 e. The Balaban J connectivity index is 1.94. The summed E-state index contributed by atoms with van der Waals surface area (Å²) in [6.45, 7) is 5.67. The van der Waals surface area contributed by atoms with Crippen LogP contribution in [0.2, 0.25) is 0 Å². The molecule has 1 saturated heterocycles. The quantitative estimate of drug-likeness (QED) is 0.893. The van der Waals surface area contributed by atoms with Crippen molar-refractivity contribution in [3.8, 4) is 0 Å². The maximum Gasteiger partial charge on any atom is 0.0986 e. The van der Waals surface area contributed by atoms with Crippen molar-refractivity contribution in [3.63, 3.8) is 0 Å². The van der Waals surface area contributed by atoms with E-state index in [1.165, 1.54) is 18.4 Å². The first kappa shape index (κ1) is 16.2. The van der Waals surface area contributed by atoms with Crippen LogP contribution < -0.4 is 0 Å². The molecule has 0 aliphatic carbocycles. The van der Waals surface area contributed by atoms with Crippen LogP contribution >= 0.6 is 0 Å². The summed E-state index contributed by atoms with van der Waals surface area (Å²) in [6, 6.07) is 21.0. The van der Waals surface area contributed by atoms with E-state index in [0.717, 1.165) is 18.0 Å². The zero-order valence-electron chi connectivity index (χ0n) is 14.1. The Labute approximate surface area is 139 Å². The molecule has 0 radical (unpaired) electrons. The summed E-state index contributed by atoms with van der Waals surface area (Å²) in [5.74, 6) is 0.770. The van der Waals surface area contributed by atoms with Gasteiger partial charge in [0.25, 0.3) is 0 Å². The molecule has 0 bridgehead atoms. The van der Waals surface area contributed by atoms with Crippen LogP contribution in [0.25, 0.3) is 0 Å². The van der Waals surface area contributed by atoms with E-state index in [9.17, 15) is 5.11 Å². The number of aliphatic hydroxyl groups excluding tert-OH is 1. The van der Waals surface area contributed by atoms with Gasteiger partial charge >= 0.3 is 0 Å². The molecule has 1 heterocycles. The van der Waals surface area contributed by atoms with Gasteiger partial charge in [-0.3, -0.25) is 4.90 Å². The van der Waals surface area contributed by atoms with Crippen LogP contribution in [0.4, 0.5) is 0 Å². The molecule has 23 heavy (non-hydrogen) atoms. The minimum atomic E-state index is -0.505. The van der Waals surface area contributed by atoms with Crippen molar-refractivity contribution in [1.82, 2.24) is 4.90 Å². The zero-order chi connectivity index (χ0) is 16.2. The van der Waals surface area contributed by atoms with Crippen LogP contribution in [0.1, 0.15) is 50.0 Å². The predicted molar refractivity (Wildman–Crippen MR) is 95.2 cm³/mol. The fourth-order valence-corrected chi connectivity index (χ4v) is 3.88. The van der Waals surface area contributed by atoms with Gasteiger partial charge < -0.3 is 5.11 Å². The van der Waals surface area contributed by atoms with E-state index in [4.69, 9.17) is 0 Å². The van der Waals surface area contributed by atoms with Gasteiger partial charge in [0.15, 0.2) is 0 Å². The van der Waals surface area contributed by atoms with Crippen LogP contribution in [-0.4, -0.2) is 22.6 Å². The molecule has 2 aromatic carbocycles. The first-order valence-corrected chi connectivity index (χ1v) is 8.70. The van der Waals surface area contributed by atoms with Crippen LogP contribution in [0.3, 0.4) is 0 Å². The Kier molecular flexibility index (Phi) is 5.14. The Morgan fingerprint density at radius 1 is 0.913 bits per heavy atom. The van der Waals surface area contributed by atoms with Gasteiger partial charge in [-0.05, 0) is 43.4 Å². The summed E-state index contributed by atoms with van der Waals surface area (Å²) in [5, 5.41) is 11.1. The molecule has 2 aromatic rings. The highest BCUT2D eigenvalue weighted by Gasteiger charge is 2.34. The summed E-state index contributed by atoms with van der Waals surface area (Å²) < 4.78 is 0. The van der Waals surface area contributed by atoms with Crippen molar-refractivity contribution < 1.29 is 5.11 Å². The van der Waals surface area contributed by atoms with Crippen molar-refractivity contribution in [2.24, 2.45) is 5.92 Å². The maximum absolute atomic E-state index is 11.1. The van der Waals surface area contributed by atoms with Crippen LogP contribution in [0, 0.1) is 5.92 Å². The number of aliphatic hydroxyl groups is 1. The first-order valence-electron chi connectivity index (χ1n) is 8.70. The molecule has 0 saturated carbocycles. The molecule has 0 spiro atoms. The Bertz CT molecular complexity index is 598. The van der Waals surface area contributed by atoms with E-state index < -0.39 is 6.10 Å². The SMILES string of the molecule is C[C@@H]1CCN([C@H](c2ccccc2)[C@H](O)c2ccccc2)[C@H](C)C1. The molecule has 3 rings (SSSR count). The third-order valence-electron chi connectivity index (χ3n) is 5.13. The van der Waals surface area contributed by atoms with Crippen molar-refractivity contribution >= 4 is 0 Å². The van der Waals surface area contributed by atoms with Gasteiger partial charge in [-0.25, -0.2) is 0 Å². The average Bonchev–Trinajstić information content (AvgIpc) is 2.59. The van der Waals surface area contributed by atoms with E-state index in [2.05, 4.69) is 43.0 Å². The molecular formula is C21H27NO. The van der Waals surface area contributed by atoms with Gasteiger partial charge in [0.2, 0.25) is 0 Å². The minimum absolute atomic E-state index is 0.0149. The molecule has 0 unspecified atom stereocenters. The number of hydrogen-bond acceptors (Lipinski definition) is 2. The van der Waals surface area contributed by atoms with Crippen LogP contribution in [0.5, 0.6) is 0 Å². The lowest BCUT2D eigenvalue weighted by Crippen LogP contribution is -2.44. The molecule has 2 nitrogen and oxygen atoms in total. The average molecular weight is 309 g/mol. The maximum atomic E-state index is 11.1. The van der Waals surface area contributed by atoms with Gasteiger partial charge in [0.05, 0.1) is 12.1 Å². The van der Waals surface area contributed by atoms with Crippen molar-refractivity contribution in [1.29, 1.82) is 0 Å². The predicted octanol–water partition coefficient (Wildman–Crippen LogP) is 4.58. The van der Waals surface area contributed by atoms with Gasteiger partial charge in [-0.1, -0.05) is 67.6 Å².